The van der Waals surface area contributed by atoms with E-state index in [9.17, 15) is 4.79 Å². The third-order valence-electron chi connectivity index (χ3n) is 2.53. The van der Waals surface area contributed by atoms with Gasteiger partial charge in [-0.3, -0.25) is 0 Å². The van der Waals surface area contributed by atoms with Crippen LogP contribution < -0.4 is 5.32 Å². The van der Waals surface area contributed by atoms with Crippen molar-refractivity contribution in [3.63, 3.8) is 0 Å². The molecule has 0 amide bonds. The molecule has 0 unspecified atom stereocenters. The van der Waals surface area contributed by atoms with E-state index in [-0.39, 0.29) is 6.04 Å². The lowest BCUT2D eigenvalue weighted by atomic mass is 9.93. The quantitative estimate of drug-likeness (QED) is 0.653. The molecule has 2 heteroatoms. The van der Waals surface area contributed by atoms with Crippen molar-refractivity contribution in [1.29, 1.82) is 0 Å². The van der Waals surface area contributed by atoms with Gasteiger partial charge in [0.15, 0.2) is 0 Å². The van der Waals surface area contributed by atoms with E-state index in [1.54, 1.807) is 0 Å². The number of carbonyl (C=O) groups excluding carboxylic acids is 1. The van der Waals surface area contributed by atoms with Crippen LogP contribution in [0.2, 0.25) is 0 Å². The summed E-state index contributed by atoms with van der Waals surface area (Å²) in [5.74, 6) is 0. The van der Waals surface area contributed by atoms with Crippen LogP contribution in [0.5, 0.6) is 0 Å². The molecule has 2 nitrogen and oxygen atoms in total. The molecule has 0 fully saturated rings. The molecule has 0 spiro atoms. The van der Waals surface area contributed by atoms with E-state index in [2.05, 4.69) is 30.4 Å². The second-order valence-corrected chi connectivity index (χ2v) is 3.52. The Hall–Kier alpha value is -1.15. The van der Waals surface area contributed by atoms with Crippen molar-refractivity contribution in [2.24, 2.45) is 0 Å². The third-order valence-corrected chi connectivity index (χ3v) is 2.53. The van der Waals surface area contributed by atoms with Gasteiger partial charge in [0.25, 0.3) is 0 Å². The number of fused-ring (bicyclic) bond motifs is 1. The number of carbonyl (C=O) groups is 1. The van der Waals surface area contributed by atoms with E-state index < -0.39 is 0 Å². The number of aryl methyl sites for hydroxylation is 1. The molecule has 0 radical (unpaired) electrons. The van der Waals surface area contributed by atoms with Crippen molar-refractivity contribution in [1.82, 2.24) is 5.32 Å². The monoisotopic (exact) mass is 175 g/mol. The number of nitrogens with one attached hydrogen (secondary N) is 1. The Kier molecular flexibility index (Phi) is 2.15. The highest BCUT2D eigenvalue weighted by Crippen LogP contribution is 2.22. The van der Waals surface area contributed by atoms with E-state index in [0.717, 1.165) is 24.8 Å². The molecular formula is C11H13NO. The van der Waals surface area contributed by atoms with Crippen LogP contribution in [0, 0.1) is 6.92 Å². The van der Waals surface area contributed by atoms with Crippen molar-refractivity contribution in [3.8, 4) is 0 Å². The van der Waals surface area contributed by atoms with Crippen molar-refractivity contribution in [2.45, 2.75) is 19.4 Å². The fourth-order valence-electron chi connectivity index (χ4n) is 1.85. The Morgan fingerprint density at radius 1 is 1.54 bits per heavy atom. The molecule has 1 atom stereocenters. The Morgan fingerprint density at radius 3 is 3.15 bits per heavy atom. The Bertz CT molecular complexity index is 333. The fraction of sp³-hybridized carbons (Fsp3) is 0.364. The molecule has 2 rings (SSSR count). The average molecular weight is 175 g/mol. The lowest BCUT2D eigenvalue weighted by Crippen LogP contribution is -2.30. The van der Waals surface area contributed by atoms with Gasteiger partial charge in [0, 0.05) is 6.54 Å². The molecule has 0 saturated carbocycles. The smallest absolute Gasteiger partial charge is 0.141 e. The molecule has 0 aliphatic carbocycles. The molecule has 1 aromatic carbocycles. The average Bonchev–Trinajstić information content (AvgIpc) is 2.16. The first-order valence-electron chi connectivity index (χ1n) is 4.59. The summed E-state index contributed by atoms with van der Waals surface area (Å²) in [6.45, 7) is 2.98. The lowest BCUT2D eigenvalue weighted by molar-refractivity contribution is -0.109. The van der Waals surface area contributed by atoms with Gasteiger partial charge < -0.3 is 10.1 Å². The molecule has 1 aromatic rings. The van der Waals surface area contributed by atoms with Gasteiger partial charge >= 0.3 is 0 Å². The predicted molar refractivity (Wildman–Crippen MR) is 51.7 cm³/mol. The van der Waals surface area contributed by atoms with E-state index >= 15 is 0 Å². The van der Waals surface area contributed by atoms with E-state index in [1.165, 1.54) is 11.1 Å². The second-order valence-electron chi connectivity index (χ2n) is 3.52. The minimum absolute atomic E-state index is 0.0932. The van der Waals surface area contributed by atoms with Crippen molar-refractivity contribution < 1.29 is 4.79 Å². The molecule has 1 aliphatic rings. The van der Waals surface area contributed by atoms with Crippen LogP contribution in [0.3, 0.4) is 0 Å². The lowest BCUT2D eigenvalue weighted by Gasteiger charge is -2.22. The largest absolute Gasteiger partial charge is 0.304 e. The summed E-state index contributed by atoms with van der Waals surface area (Å²) in [4.78, 5) is 10.7. The SMILES string of the molecule is Cc1ccc2c(c1)CCN[C@@H]2C=O. The molecule has 68 valence electrons. The van der Waals surface area contributed by atoms with Gasteiger partial charge in [0.2, 0.25) is 0 Å². The molecule has 0 saturated heterocycles. The van der Waals surface area contributed by atoms with Crippen LogP contribution in [-0.2, 0) is 11.2 Å². The van der Waals surface area contributed by atoms with Crippen LogP contribution >= 0.6 is 0 Å². The highest BCUT2D eigenvalue weighted by molar-refractivity contribution is 5.63. The first-order valence-corrected chi connectivity index (χ1v) is 4.59. The molecule has 0 aromatic heterocycles. The Morgan fingerprint density at radius 2 is 2.38 bits per heavy atom. The maximum absolute atomic E-state index is 10.7. The summed E-state index contributed by atoms with van der Waals surface area (Å²) in [5.41, 5.74) is 3.73. The third kappa shape index (κ3) is 1.49. The topological polar surface area (TPSA) is 29.1 Å². The van der Waals surface area contributed by atoms with Crippen molar-refractivity contribution in [3.05, 3.63) is 34.9 Å². The predicted octanol–water partition coefficient (Wildman–Crippen LogP) is 1.38. The van der Waals surface area contributed by atoms with Crippen LogP contribution in [0.15, 0.2) is 18.2 Å². The van der Waals surface area contributed by atoms with E-state index in [0.29, 0.717) is 0 Å². The van der Waals surface area contributed by atoms with Crippen molar-refractivity contribution >= 4 is 6.29 Å². The maximum Gasteiger partial charge on any atom is 0.141 e. The zero-order valence-electron chi connectivity index (χ0n) is 7.71. The van der Waals surface area contributed by atoms with Gasteiger partial charge in [0.05, 0.1) is 6.04 Å². The number of benzene rings is 1. The zero-order valence-corrected chi connectivity index (χ0v) is 7.71. The van der Waals surface area contributed by atoms with Crippen molar-refractivity contribution in [2.75, 3.05) is 6.54 Å². The summed E-state index contributed by atoms with van der Waals surface area (Å²) < 4.78 is 0. The van der Waals surface area contributed by atoms with Gasteiger partial charge in [-0.15, -0.1) is 0 Å². The van der Waals surface area contributed by atoms with Crippen LogP contribution in [0.25, 0.3) is 0 Å². The van der Waals surface area contributed by atoms with Crippen LogP contribution in [0.4, 0.5) is 0 Å². The van der Waals surface area contributed by atoms with Crippen LogP contribution in [-0.4, -0.2) is 12.8 Å². The van der Waals surface area contributed by atoms with Gasteiger partial charge in [0.1, 0.15) is 6.29 Å². The normalized spacial score (nSPS) is 20.8. The first-order chi connectivity index (χ1) is 6.31. The molecule has 1 N–H and O–H groups in total. The highest BCUT2D eigenvalue weighted by Gasteiger charge is 2.17. The first kappa shape index (κ1) is 8.45. The number of aldehydes is 1. The summed E-state index contributed by atoms with van der Waals surface area (Å²) >= 11 is 0. The minimum atomic E-state index is -0.0932. The van der Waals surface area contributed by atoms with Gasteiger partial charge in [-0.2, -0.15) is 0 Å². The second kappa shape index (κ2) is 3.30. The molecule has 0 bridgehead atoms. The molecule has 13 heavy (non-hydrogen) atoms. The number of rotatable bonds is 1. The maximum atomic E-state index is 10.7. The standard InChI is InChI=1S/C11H13NO/c1-8-2-3-10-9(6-8)4-5-12-11(10)7-13/h2-3,6-7,11-12H,4-5H2,1H3/t11-/m1/s1. The number of hydrogen-bond donors (Lipinski definition) is 1. The van der Waals surface area contributed by atoms with Gasteiger partial charge in [-0.05, 0) is 24.5 Å². The van der Waals surface area contributed by atoms with Crippen LogP contribution in [0.1, 0.15) is 22.7 Å². The molecular weight excluding hydrogens is 162 g/mol. The molecule has 1 heterocycles. The fourth-order valence-corrected chi connectivity index (χ4v) is 1.85. The summed E-state index contributed by atoms with van der Waals surface area (Å²) in [6.07, 6.45) is 2.01. The summed E-state index contributed by atoms with van der Waals surface area (Å²) in [5, 5.41) is 3.18. The summed E-state index contributed by atoms with van der Waals surface area (Å²) in [6, 6.07) is 6.19. The van der Waals surface area contributed by atoms with E-state index in [4.69, 9.17) is 0 Å². The number of hydrogen-bond acceptors (Lipinski definition) is 2. The van der Waals surface area contributed by atoms with Gasteiger partial charge in [-0.25, -0.2) is 0 Å². The Labute approximate surface area is 78.0 Å². The minimum Gasteiger partial charge on any atom is -0.304 e. The zero-order chi connectivity index (χ0) is 9.26. The molecule has 1 aliphatic heterocycles. The highest BCUT2D eigenvalue weighted by atomic mass is 16.1. The Balaban J connectivity index is 2.45. The van der Waals surface area contributed by atoms with Gasteiger partial charge in [-0.1, -0.05) is 23.8 Å². The van der Waals surface area contributed by atoms with E-state index in [1.807, 2.05) is 0 Å². The summed E-state index contributed by atoms with van der Waals surface area (Å²) in [7, 11) is 0.